The zero-order chi connectivity index (χ0) is 14.5. The summed E-state index contributed by atoms with van der Waals surface area (Å²) in [7, 11) is -3.63. The average molecular weight is 319 g/mol. The van der Waals surface area contributed by atoms with Crippen LogP contribution in [-0.2, 0) is 10.0 Å². The lowest BCUT2D eigenvalue weighted by Crippen LogP contribution is -2.49. The van der Waals surface area contributed by atoms with Crippen LogP contribution in [0.15, 0.2) is 23.1 Å². The Morgan fingerprint density at radius 1 is 1.25 bits per heavy atom. The maximum atomic E-state index is 13.2. The molecule has 0 amide bonds. The molecule has 7 heteroatoms. The van der Waals surface area contributed by atoms with Gasteiger partial charge in [0.1, 0.15) is 5.82 Å². The fourth-order valence-corrected chi connectivity index (χ4v) is 5.49. The molecular weight excluding hydrogens is 303 g/mol. The van der Waals surface area contributed by atoms with Gasteiger partial charge in [-0.2, -0.15) is 4.31 Å². The molecule has 0 spiro atoms. The molecule has 3 rings (SSSR count). The minimum Gasteiger partial charge on any atom is -0.328 e. The molecule has 0 aromatic heterocycles. The van der Waals surface area contributed by atoms with Gasteiger partial charge >= 0.3 is 0 Å². The standard InChI is InChI=1S/C13H16ClFN2O2S/c14-12-7-11(3-4-13(12)15)20(18,19)17-9-1-2-10(17)6-8(16)5-9/h3-4,7-10H,1-2,5-6,16H2. The molecule has 2 unspecified atom stereocenters. The Morgan fingerprint density at radius 2 is 1.85 bits per heavy atom. The van der Waals surface area contributed by atoms with Crippen LogP contribution in [0.4, 0.5) is 4.39 Å². The fraction of sp³-hybridized carbons (Fsp3) is 0.538. The molecule has 2 N–H and O–H groups in total. The van der Waals surface area contributed by atoms with E-state index >= 15 is 0 Å². The van der Waals surface area contributed by atoms with E-state index in [1.807, 2.05) is 0 Å². The normalized spacial score (nSPS) is 30.6. The predicted octanol–water partition coefficient (Wildman–Crippen LogP) is 2.12. The molecule has 2 aliphatic rings. The topological polar surface area (TPSA) is 63.4 Å². The van der Waals surface area contributed by atoms with E-state index in [9.17, 15) is 12.8 Å². The highest BCUT2D eigenvalue weighted by Crippen LogP contribution is 2.39. The maximum absolute atomic E-state index is 13.2. The van der Waals surface area contributed by atoms with Crippen molar-refractivity contribution in [2.45, 2.75) is 48.7 Å². The SMILES string of the molecule is NC1CC2CCC(C1)N2S(=O)(=O)c1ccc(F)c(Cl)c1. The van der Waals surface area contributed by atoms with Crippen LogP contribution < -0.4 is 5.73 Å². The van der Waals surface area contributed by atoms with Gasteiger partial charge in [-0.25, -0.2) is 12.8 Å². The van der Waals surface area contributed by atoms with Crippen molar-refractivity contribution in [3.05, 3.63) is 29.0 Å². The van der Waals surface area contributed by atoms with Gasteiger partial charge in [0.2, 0.25) is 10.0 Å². The van der Waals surface area contributed by atoms with Gasteiger partial charge in [-0.15, -0.1) is 0 Å². The Morgan fingerprint density at radius 3 is 2.40 bits per heavy atom. The molecule has 2 bridgehead atoms. The number of rotatable bonds is 2. The smallest absolute Gasteiger partial charge is 0.243 e. The molecule has 4 nitrogen and oxygen atoms in total. The molecule has 0 aliphatic carbocycles. The van der Waals surface area contributed by atoms with E-state index < -0.39 is 15.8 Å². The van der Waals surface area contributed by atoms with Gasteiger partial charge in [0.05, 0.1) is 9.92 Å². The Balaban J connectivity index is 1.98. The number of nitrogens with zero attached hydrogens (tertiary/aromatic N) is 1. The van der Waals surface area contributed by atoms with Crippen molar-refractivity contribution in [3.8, 4) is 0 Å². The largest absolute Gasteiger partial charge is 0.328 e. The van der Waals surface area contributed by atoms with Crippen LogP contribution in [0.5, 0.6) is 0 Å². The summed E-state index contributed by atoms with van der Waals surface area (Å²) in [5.41, 5.74) is 5.95. The average Bonchev–Trinajstić information content (AvgIpc) is 2.66. The third-order valence-corrected chi connectivity index (χ3v) is 6.46. The van der Waals surface area contributed by atoms with E-state index in [0.29, 0.717) is 12.8 Å². The number of halogens is 2. The van der Waals surface area contributed by atoms with Gasteiger partial charge in [-0.3, -0.25) is 0 Å². The second-order valence-electron chi connectivity index (χ2n) is 5.53. The number of hydrogen-bond acceptors (Lipinski definition) is 3. The van der Waals surface area contributed by atoms with Gasteiger partial charge in [-0.05, 0) is 43.9 Å². The zero-order valence-corrected chi connectivity index (χ0v) is 12.4. The van der Waals surface area contributed by atoms with E-state index in [1.54, 1.807) is 4.31 Å². The van der Waals surface area contributed by atoms with Crippen LogP contribution in [0.3, 0.4) is 0 Å². The third kappa shape index (κ3) is 2.24. The van der Waals surface area contributed by atoms with E-state index in [0.717, 1.165) is 18.9 Å². The van der Waals surface area contributed by atoms with Gasteiger partial charge in [0.25, 0.3) is 0 Å². The van der Waals surface area contributed by atoms with Crippen LogP contribution in [0.1, 0.15) is 25.7 Å². The van der Waals surface area contributed by atoms with Crippen molar-refractivity contribution in [2.24, 2.45) is 5.73 Å². The maximum Gasteiger partial charge on any atom is 0.243 e. The minimum atomic E-state index is -3.63. The highest BCUT2D eigenvalue weighted by Gasteiger charge is 2.46. The Kier molecular flexibility index (Phi) is 3.52. The fourth-order valence-electron chi connectivity index (χ4n) is 3.33. The van der Waals surface area contributed by atoms with Crippen molar-refractivity contribution in [3.63, 3.8) is 0 Å². The summed E-state index contributed by atoms with van der Waals surface area (Å²) in [5, 5.41) is -0.174. The third-order valence-electron chi connectivity index (χ3n) is 4.17. The van der Waals surface area contributed by atoms with Crippen molar-refractivity contribution in [1.82, 2.24) is 4.31 Å². The van der Waals surface area contributed by atoms with E-state index in [4.69, 9.17) is 17.3 Å². The molecule has 2 atom stereocenters. The summed E-state index contributed by atoms with van der Waals surface area (Å²) < 4.78 is 40.2. The summed E-state index contributed by atoms with van der Waals surface area (Å²) in [5.74, 6) is -0.616. The van der Waals surface area contributed by atoms with E-state index in [2.05, 4.69) is 0 Å². The number of nitrogens with two attached hydrogens (primary N) is 1. The van der Waals surface area contributed by atoms with Crippen molar-refractivity contribution >= 4 is 21.6 Å². The number of benzene rings is 1. The second kappa shape index (κ2) is 4.94. The number of fused-ring (bicyclic) bond motifs is 2. The van der Waals surface area contributed by atoms with Crippen LogP contribution in [0, 0.1) is 5.82 Å². The zero-order valence-electron chi connectivity index (χ0n) is 10.8. The van der Waals surface area contributed by atoms with Crippen LogP contribution in [-0.4, -0.2) is 30.8 Å². The quantitative estimate of drug-likeness (QED) is 0.908. The summed E-state index contributed by atoms with van der Waals surface area (Å²) in [4.78, 5) is 0.0521. The van der Waals surface area contributed by atoms with Crippen LogP contribution >= 0.6 is 11.6 Å². The molecular formula is C13H16ClFN2O2S. The molecule has 2 heterocycles. The molecule has 1 aromatic rings. The highest BCUT2D eigenvalue weighted by molar-refractivity contribution is 7.89. The second-order valence-corrected chi connectivity index (χ2v) is 7.78. The highest BCUT2D eigenvalue weighted by atomic mass is 35.5. The van der Waals surface area contributed by atoms with Gasteiger partial charge < -0.3 is 5.73 Å². The molecule has 2 aliphatic heterocycles. The lowest BCUT2D eigenvalue weighted by Gasteiger charge is -2.36. The van der Waals surface area contributed by atoms with Gasteiger partial charge in [0.15, 0.2) is 0 Å². The number of hydrogen-bond donors (Lipinski definition) is 1. The Bertz CT molecular complexity index is 623. The predicted molar refractivity (Wildman–Crippen MR) is 74.5 cm³/mol. The Labute approximate surface area is 122 Å². The van der Waals surface area contributed by atoms with Crippen LogP contribution in [0.25, 0.3) is 0 Å². The molecule has 2 saturated heterocycles. The molecule has 0 radical (unpaired) electrons. The lowest BCUT2D eigenvalue weighted by molar-refractivity contribution is 0.227. The molecule has 110 valence electrons. The first-order chi connectivity index (χ1) is 9.39. The Hall–Kier alpha value is -0.690. The van der Waals surface area contributed by atoms with E-state index in [-0.39, 0.29) is 28.0 Å². The summed E-state index contributed by atoms with van der Waals surface area (Å²) in [6, 6.07) is 3.52. The monoisotopic (exact) mass is 318 g/mol. The van der Waals surface area contributed by atoms with Crippen molar-refractivity contribution in [2.75, 3.05) is 0 Å². The number of piperidine rings is 1. The van der Waals surface area contributed by atoms with E-state index in [1.165, 1.54) is 12.1 Å². The first kappa shape index (κ1) is 14.3. The lowest BCUT2D eigenvalue weighted by atomic mass is 10.0. The van der Waals surface area contributed by atoms with Gasteiger partial charge in [0, 0.05) is 18.1 Å². The molecule has 0 saturated carbocycles. The first-order valence-electron chi connectivity index (χ1n) is 6.64. The van der Waals surface area contributed by atoms with Crippen molar-refractivity contribution in [1.29, 1.82) is 0 Å². The van der Waals surface area contributed by atoms with Gasteiger partial charge in [-0.1, -0.05) is 11.6 Å². The summed E-state index contributed by atoms with van der Waals surface area (Å²) in [6.07, 6.45) is 3.05. The van der Waals surface area contributed by atoms with Crippen molar-refractivity contribution < 1.29 is 12.8 Å². The first-order valence-corrected chi connectivity index (χ1v) is 8.45. The summed E-state index contributed by atoms with van der Waals surface area (Å²) >= 11 is 5.69. The number of sulfonamides is 1. The molecule has 1 aromatic carbocycles. The molecule has 2 fully saturated rings. The summed E-state index contributed by atoms with van der Waals surface area (Å²) in [6.45, 7) is 0. The minimum absolute atomic E-state index is 0.0439. The molecule has 20 heavy (non-hydrogen) atoms. The van der Waals surface area contributed by atoms with Crippen LogP contribution in [0.2, 0.25) is 5.02 Å².